The average Bonchev–Trinajstić information content (AvgIpc) is 2.11. The third-order valence-electron chi connectivity index (χ3n) is 2.12. The molecule has 0 amide bonds. The van der Waals surface area contributed by atoms with Crippen molar-refractivity contribution in [1.29, 1.82) is 0 Å². The minimum absolute atomic E-state index is 0.225. The van der Waals surface area contributed by atoms with Crippen molar-refractivity contribution in [2.75, 3.05) is 5.33 Å². The summed E-state index contributed by atoms with van der Waals surface area (Å²) >= 11 is 3.16. The van der Waals surface area contributed by atoms with Crippen LogP contribution in [0.2, 0.25) is 0 Å². The molecule has 0 heterocycles. The summed E-state index contributed by atoms with van der Waals surface area (Å²) in [6.45, 7) is 4.14. The number of alkyl halides is 1. The standard InChI is InChI=1S/C11H13BrO/c1-8-3-4-10(5-9(8)2)6-11(13)7-12/h3-5H,6-7H2,1-2H3. The molecule has 0 spiro atoms. The fraction of sp³-hybridized carbons (Fsp3) is 0.364. The predicted molar refractivity (Wildman–Crippen MR) is 58.4 cm³/mol. The maximum Gasteiger partial charge on any atom is 0.147 e. The molecule has 70 valence electrons. The second-order valence-electron chi connectivity index (χ2n) is 3.27. The topological polar surface area (TPSA) is 17.1 Å². The van der Waals surface area contributed by atoms with Crippen molar-refractivity contribution in [2.45, 2.75) is 20.3 Å². The molecule has 1 nitrogen and oxygen atoms in total. The largest absolute Gasteiger partial charge is 0.298 e. The molecule has 0 N–H and O–H groups in total. The molecule has 2 heteroatoms. The van der Waals surface area contributed by atoms with E-state index in [0.29, 0.717) is 11.8 Å². The second kappa shape index (κ2) is 4.56. The van der Waals surface area contributed by atoms with Gasteiger partial charge in [-0.25, -0.2) is 0 Å². The van der Waals surface area contributed by atoms with E-state index in [1.807, 2.05) is 6.07 Å². The van der Waals surface area contributed by atoms with E-state index in [1.54, 1.807) is 0 Å². The molecule has 0 aliphatic carbocycles. The Hall–Kier alpha value is -0.630. The van der Waals surface area contributed by atoms with Gasteiger partial charge in [0.05, 0.1) is 5.33 Å². The van der Waals surface area contributed by atoms with Crippen LogP contribution in [0.4, 0.5) is 0 Å². The quantitative estimate of drug-likeness (QED) is 0.743. The van der Waals surface area contributed by atoms with Crippen LogP contribution in [-0.4, -0.2) is 11.1 Å². The Bertz CT molecular complexity index is 318. The van der Waals surface area contributed by atoms with Crippen molar-refractivity contribution in [1.82, 2.24) is 0 Å². The fourth-order valence-electron chi connectivity index (χ4n) is 1.19. The molecule has 0 radical (unpaired) electrons. The molecule has 1 aromatic carbocycles. The summed E-state index contributed by atoms with van der Waals surface area (Å²) in [4.78, 5) is 11.1. The minimum Gasteiger partial charge on any atom is -0.298 e. The third-order valence-corrected chi connectivity index (χ3v) is 2.75. The highest BCUT2D eigenvalue weighted by molar-refractivity contribution is 9.09. The zero-order valence-corrected chi connectivity index (χ0v) is 9.52. The van der Waals surface area contributed by atoms with Gasteiger partial charge >= 0.3 is 0 Å². The van der Waals surface area contributed by atoms with Gasteiger partial charge in [-0.05, 0) is 30.5 Å². The van der Waals surface area contributed by atoms with Crippen LogP contribution in [0.5, 0.6) is 0 Å². The summed E-state index contributed by atoms with van der Waals surface area (Å²) < 4.78 is 0. The van der Waals surface area contributed by atoms with Crippen LogP contribution in [0.15, 0.2) is 18.2 Å². The summed E-state index contributed by atoms with van der Waals surface area (Å²) in [5, 5.41) is 0.444. The predicted octanol–water partition coefficient (Wildman–Crippen LogP) is 2.81. The van der Waals surface area contributed by atoms with E-state index >= 15 is 0 Å². The first-order valence-corrected chi connectivity index (χ1v) is 5.39. The average molecular weight is 241 g/mol. The first kappa shape index (κ1) is 10.5. The second-order valence-corrected chi connectivity index (χ2v) is 3.83. The molecular weight excluding hydrogens is 228 g/mol. The summed E-state index contributed by atoms with van der Waals surface area (Å²) in [5.41, 5.74) is 3.63. The van der Waals surface area contributed by atoms with Crippen LogP contribution in [0, 0.1) is 13.8 Å². The fourth-order valence-corrected chi connectivity index (χ4v) is 1.39. The lowest BCUT2D eigenvalue weighted by Gasteiger charge is -2.03. The lowest BCUT2D eigenvalue weighted by atomic mass is 10.0. The molecular formula is C11H13BrO. The van der Waals surface area contributed by atoms with Crippen LogP contribution in [0.25, 0.3) is 0 Å². The van der Waals surface area contributed by atoms with Gasteiger partial charge in [0.25, 0.3) is 0 Å². The number of aryl methyl sites for hydroxylation is 2. The van der Waals surface area contributed by atoms with Gasteiger partial charge < -0.3 is 0 Å². The van der Waals surface area contributed by atoms with Gasteiger partial charge in [0, 0.05) is 6.42 Å². The zero-order chi connectivity index (χ0) is 9.84. The lowest BCUT2D eigenvalue weighted by molar-refractivity contribution is -0.115. The van der Waals surface area contributed by atoms with Crippen molar-refractivity contribution in [3.05, 3.63) is 34.9 Å². The first-order valence-electron chi connectivity index (χ1n) is 4.27. The molecule has 0 unspecified atom stereocenters. The first-order chi connectivity index (χ1) is 6.13. The molecule has 0 aromatic heterocycles. The van der Waals surface area contributed by atoms with Gasteiger partial charge in [0.15, 0.2) is 0 Å². The normalized spacial score (nSPS) is 10.1. The zero-order valence-electron chi connectivity index (χ0n) is 7.93. The number of halogens is 1. The Labute approximate surface area is 87.3 Å². The Morgan fingerprint density at radius 3 is 2.54 bits per heavy atom. The third kappa shape index (κ3) is 2.96. The number of ketones is 1. The number of hydrogen-bond donors (Lipinski definition) is 0. The molecule has 0 saturated heterocycles. The molecule has 0 fully saturated rings. The number of Topliss-reactive ketones (excluding diaryl/α,β-unsaturated/α-hetero) is 1. The van der Waals surface area contributed by atoms with E-state index in [4.69, 9.17) is 0 Å². The molecule has 0 saturated carbocycles. The van der Waals surface area contributed by atoms with Crippen molar-refractivity contribution in [2.24, 2.45) is 0 Å². The van der Waals surface area contributed by atoms with Gasteiger partial charge in [-0.2, -0.15) is 0 Å². The minimum atomic E-state index is 0.225. The smallest absolute Gasteiger partial charge is 0.147 e. The molecule has 0 atom stereocenters. The number of rotatable bonds is 3. The van der Waals surface area contributed by atoms with Gasteiger partial charge in [-0.15, -0.1) is 0 Å². The van der Waals surface area contributed by atoms with Crippen molar-refractivity contribution in [3.63, 3.8) is 0 Å². The van der Waals surface area contributed by atoms with Crippen LogP contribution in [0.1, 0.15) is 16.7 Å². The summed E-state index contributed by atoms with van der Waals surface area (Å²) in [6.07, 6.45) is 0.534. The van der Waals surface area contributed by atoms with Crippen molar-refractivity contribution < 1.29 is 4.79 Å². The number of carbonyl (C=O) groups is 1. The summed E-state index contributed by atoms with van der Waals surface area (Å²) in [6, 6.07) is 6.16. The van der Waals surface area contributed by atoms with Gasteiger partial charge in [-0.3, -0.25) is 4.79 Å². The highest BCUT2D eigenvalue weighted by Crippen LogP contribution is 2.10. The van der Waals surface area contributed by atoms with E-state index in [2.05, 4.69) is 41.9 Å². The van der Waals surface area contributed by atoms with Crippen LogP contribution in [0.3, 0.4) is 0 Å². The van der Waals surface area contributed by atoms with E-state index in [9.17, 15) is 4.79 Å². The molecule has 0 aliphatic heterocycles. The summed E-state index contributed by atoms with van der Waals surface area (Å²) in [7, 11) is 0. The van der Waals surface area contributed by atoms with Crippen LogP contribution in [-0.2, 0) is 11.2 Å². The molecule has 1 aromatic rings. The molecule has 0 aliphatic rings. The summed E-state index contributed by atoms with van der Waals surface area (Å²) in [5.74, 6) is 0.225. The monoisotopic (exact) mass is 240 g/mol. The van der Waals surface area contributed by atoms with Crippen LogP contribution < -0.4 is 0 Å². The maximum atomic E-state index is 11.1. The number of benzene rings is 1. The van der Waals surface area contributed by atoms with Crippen molar-refractivity contribution in [3.8, 4) is 0 Å². The van der Waals surface area contributed by atoms with Gasteiger partial charge in [0.1, 0.15) is 5.78 Å². The Morgan fingerprint density at radius 2 is 2.00 bits per heavy atom. The Morgan fingerprint density at radius 1 is 1.31 bits per heavy atom. The number of hydrogen-bond acceptors (Lipinski definition) is 1. The van der Waals surface area contributed by atoms with Gasteiger partial charge in [-0.1, -0.05) is 34.1 Å². The molecule has 0 bridgehead atoms. The van der Waals surface area contributed by atoms with Crippen LogP contribution >= 0.6 is 15.9 Å². The molecule has 13 heavy (non-hydrogen) atoms. The maximum absolute atomic E-state index is 11.1. The van der Waals surface area contributed by atoms with Crippen molar-refractivity contribution >= 4 is 21.7 Å². The highest BCUT2D eigenvalue weighted by atomic mass is 79.9. The van der Waals surface area contributed by atoms with E-state index in [1.165, 1.54) is 11.1 Å². The van der Waals surface area contributed by atoms with E-state index in [0.717, 1.165) is 5.56 Å². The Kier molecular flexibility index (Phi) is 3.67. The lowest BCUT2D eigenvalue weighted by Crippen LogP contribution is -2.03. The Balaban J connectivity index is 2.79. The van der Waals surface area contributed by atoms with Gasteiger partial charge in [0.2, 0.25) is 0 Å². The van der Waals surface area contributed by atoms with E-state index in [-0.39, 0.29) is 5.78 Å². The SMILES string of the molecule is Cc1ccc(CC(=O)CBr)cc1C. The van der Waals surface area contributed by atoms with E-state index < -0.39 is 0 Å². The highest BCUT2D eigenvalue weighted by Gasteiger charge is 2.02. The molecule has 1 rings (SSSR count). The number of carbonyl (C=O) groups excluding carboxylic acids is 1.